The highest BCUT2D eigenvalue weighted by molar-refractivity contribution is 7.92. The molecule has 0 aliphatic carbocycles. The maximum absolute atomic E-state index is 12.2. The monoisotopic (exact) mass is 387 g/mol. The second-order valence-electron chi connectivity index (χ2n) is 6.75. The lowest BCUT2D eigenvalue weighted by molar-refractivity contribution is 0.0985. The van der Waals surface area contributed by atoms with Crippen LogP contribution in [0.25, 0.3) is 17.0 Å². The van der Waals surface area contributed by atoms with Crippen LogP contribution < -0.4 is 4.90 Å². The molecule has 142 valence electrons. The topological polar surface area (TPSA) is 98.4 Å². The van der Waals surface area contributed by atoms with Gasteiger partial charge in [0.25, 0.3) is 0 Å². The number of anilines is 1. The molecule has 0 aromatic carbocycles. The summed E-state index contributed by atoms with van der Waals surface area (Å²) >= 11 is 0. The first kappa shape index (κ1) is 17.8. The molecule has 10 heteroatoms. The van der Waals surface area contributed by atoms with Crippen LogP contribution >= 0.6 is 0 Å². The van der Waals surface area contributed by atoms with E-state index in [9.17, 15) is 4.21 Å². The fraction of sp³-hybridized carbons (Fsp3) is 0.412. The minimum absolute atomic E-state index is 0.172. The Morgan fingerprint density at radius 2 is 2.19 bits per heavy atom. The normalized spacial score (nSPS) is 18.0. The number of pyridine rings is 1. The number of hydrogen-bond acceptors (Lipinski definition) is 8. The molecule has 3 aromatic rings. The van der Waals surface area contributed by atoms with Crippen LogP contribution in [-0.2, 0) is 14.5 Å². The summed E-state index contributed by atoms with van der Waals surface area (Å²) in [7, 11) is -2.36. The first-order valence-corrected chi connectivity index (χ1v) is 10.9. The van der Waals surface area contributed by atoms with Crippen molar-refractivity contribution in [2.75, 3.05) is 37.2 Å². The van der Waals surface area contributed by atoms with Crippen molar-refractivity contribution in [1.82, 2.24) is 24.5 Å². The highest BCUT2D eigenvalue weighted by Crippen LogP contribution is 2.25. The summed E-state index contributed by atoms with van der Waals surface area (Å²) in [4.78, 5) is 19.9. The number of ether oxygens (including phenoxy) is 1. The minimum atomic E-state index is -2.36. The molecule has 9 nitrogen and oxygen atoms in total. The summed E-state index contributed by atoms with van der Waals surface area (Å²) in [6, 6.07) is 3.80. The minimum Gasteiger partial charge on any atom is -0.377 e. The maximum Gasteiger partial charge on any atom is 0.239 e. The lowest BCUT2D eigenvalue weighted by Gasteiger charge is -2.34. The first-order valence-electron chi connectivity index (χ1n) is 8.59. The van der Waals surface area contributed by atoms with Crippen molar-refractivity contribution in [1.29, 1.82) is 0 Å². The van der Waals surface area contributed by atoms with E-state index in [0.29, 0.717) is 25.0 Å². The smallest absolute Gasteiger partial charge is 0.239 e. The maximum atomic E-state index is 12.2. The Morgan fingerprint density at radius 3 is 2.96 bits per heavy atom. The number of fused-ring (bicyclic) bond motifs is 1. The Balaban J connectivity index is 1.89. The molecule has 0 amide bonds. The molecule has 3 aromatic heterocycles. The van der Waals surface area contributed by atoms with Gasteiger partial charge < -0.3 is 9.64 Å². The number of hydrogen-bond donors (Lipinski definition) is 0. The van der Waals surface area contributed by atoms with Crippen LogP contribution in [0.3, 0.4) is 0 Å². The highest BCUT2D eigenvalue weighted by Gasteiger charge is 2.22. The standard InChI is InChI=1S/C17H21N7O2S/c1-12-10-26-7-6-23(12)16-8-15(22-27(2,3)25)20-17(21-16)24-11-19-13-9-18-5-4-14(13)24/h4-5,8-9,11-12H,6-7,10H2,1-3H3/t12-/m1/s1. The van der Waals surface area contributed by atoms with Gasteiger partial charge in [0.1, 0.15) is 17.7 Å². The van der Waals surface area contributed by atoms with Gasteiger partial charge in [-0.1, -0.05) is 0 Å². The largest absolute Gasteiger partial charge is 0.377 e. The third-order valence-corrected chi connectivity index (χ3v) is 4.85. The number of rotatable bonds is 3. The highest BCUT2D eigenvalue weighted by atomic mass is 32.2. The van der Waals surface area contributed by atoms with Crippen molar-refractivity contribution < 1.29 is 8.95 Å². The van der Waals surface area contributed by atoms with Gasteiger partial charge in [-0.15, -0.1) is 0 Å². The molecule has 0 saturated carbocycles. The molecule has 0 N–H and O–H groups in total. The van der Waals surface area contributed by atoms with Crippen molar-refractivity contribution >= 4 is 32.4 Å². The van der Waals surface area contributed by atoms with E-state index in [1.807, 2.05) is 6.07 Å². The summed E-state index contributed by atoms with van der Waals surface area (Å²) in [6.07, 6.45) is 8.22. The Kier molecular flexibility index (Phi) is 4.52. The van der Waals surface area contributed by atoms with Gasteiger partial charge in [0, 0.05) is 41.0 Å². The van der Waals surface area contributed by atoms with Gasteiger partial charge in [-0.05, 0) is 13.0 Å². The van der Waals surface area contributed by atoms with Gasteiger partial charge in [0.2, 0.25) is 5.95 Å². The second-order valence-corrected chi connectivity index (χ2v) is 9.30. The zero-order valence-corrected chi connectivity index (χ0v) is 16.3. The summed E-state index contributed by atoms with van der Waals surface area (Å²) < 4.78 is 23.8. The van der Waals surface area contributed by atoms with Gasteiger partial charge in [-0.25, -0.2) is 9.19 Å². The van der Waals surface area contributed by atoms with Crippen molar-refractivity contribution in [3.63, 3.8) is 0 Å². The van der Waals surface area contributed by atoms with E-state index in [-0.39, 0.29) is 6.04 Å². The van der Waals surface area contributed by atoms with Crippen LogP contribution in [0.5, 0.6) is 0 Å². The molecule has 1 atom stereocenters. The average molecular weight is 387 g/mol. The van der Waals surface area contributed by atoms with E-state index in [4.69, 9.17) is 9.72 Å². The number of imidazole rings is 1. The van der Waals surface area contributed by atoms with Crippen molar-refractivity contribution in [2.24, 2.45) is 4.36 Å². The molecule has 1 saturated heterocycles. The predicted octanol–water partition coefficient (Wildman–Crippen LogP) is 1.79. The SMILES string of the molecule is C[C@@H]1COCCN1c1cc(N=S(C)(C)=O)nc(-n2cnc3cnccc32)n1. The Morgan fingerprint density at radius 1 is 1.33 bits per heavy atom. The van der Waals surface area contributed by atoms with Gasteiger partial charge in [-0.3, -0.25) is 9.55 Å². The molecule has 1 fully saturated rings. The molecule has 0 radical (unpaired) electrons. The molecular formula is C17H21N7O2S. The fourth-order valence-corrected chi connectivity index (χ4v) is 3.57. The molecule has 0 spiro atoms. The summed E-state index contributed by atoms with van der Waals surface area (Å²) in [6.45, 7) is 4.07. The molecule has 4 rings (SSSR count). The van der Waals surface area contributed by atoms with E-state index >= 15 is 0 Å². The third kappa shape index (κ3) is 3.76. The first-order chi connectivity index (χ1) is 12.9. The fourth-order valence-electron chi connectivity index (χ4n) is 3.03. The van der Waals surface area contributed by atoms with Gasteiger partial charge in [0.15, 0.2) is 5.82 Å². The number of aromatic nitrogens is 5. The summed E-state index contributed by atoms with van der Waals surface area (Å²) in [5.74, 6) is 1.55. The van der Waals surface area contributed by atoms with Crippen LogP contribution in [0.2, 0.25) is 0 Å². The molecule has 27 heavy (non-hydrogen) atoms. The van der Waals surface area contributed by atoms with Crippen LogP contribution in [0.15, 0.2) is 35.2 Å². The van der Waals surface area contributed by atoms with E-state index in [0.717, 1.165) is 23.4 Å². The lowest BCUT2D eigenvalue weighted by atomic mass is 10.2. The zero-order valence-electron chi connectivity index (χ0n) is 15.4. The Bertz CT molecular complexity index is 1100. The summed E-state index contributed by atoms with van der Waals surface area (Å²) in [5, 5.41) is 0. The number of nitrogens with zero attached hydrogens (tertiary/aromatic N) is 7. The molecular weight excluding hydrogens is 366 g/mol. The van der Waals surface area contributed by atoms with Crippen molar-refractivity contribution in [3.8, 4) is 5.95 Å². The van der Waals surface area contributed by atoms with Gasteiger partial charge in [0.05, 0.1) is 31.0 Å². The van der Waals surface area contributed by atoms with E-state index in [1.165, 1.54) is 0 Å². The second kappa shape index (κ2) is 6.86. The van der Waals surface area contributed by atoms with E-state index in [2.05, 4.69) is 31.1 Å². The third-order valence-electron chi connectivity index (χ3n) is 4.23. The number of morpholine rings is 1. The Hall–Kier alpha value is -2.59. The van der Waals surface area contributed by atoms with Gasteiger partial charge >= 0.3 is 0 Å². The average Bonchev–Trinajstić information content (AvgIpc) is 3.04. The van der Waals surface area contributed by atoms with Crippen LogP contribution in [-0.4, -0.2) is 67.0 Å². The predicted molar refractivity (Wildman–Crippen MR) is 104 cm³/mol. The van der Waals surface area contributed by atoms with Crippen molar-refractivity contribution in [2.45, 2.75) is 13.0 Å². The molecule has 1 aliphatic rings. The molecule has 0 bridgehead atoms. The van der Waals surface area contributed by atoms with Crippen LogP contribution in [0, 0.1) is 0 Å². The lowest BCUT2D eigenvalue weighted by Crippen LogP contribution is -2.44. The van der Waals surface area contributed by atoms with Gasteiger partial charge in [-0.2, -0.15) is 14.3 Å². The van der Waals surface area contributed by atoms with Crippen LogP contribution in [0.1, 0.15) is 6.92 Å². The Labute approximate surface area is 157 Å². The molecule has 4 heterocycles. The quantitative estimate of drug-likeness (QED) is 0.676. The molecule has 0 unspecified atom stereocenters. The van der Waals surface area contributed by atoms with E-state index < -0.39 is 9.73 Å². The van der Waals surface area contributed by atoms with Crippen LogP contribution in [0.4, 0.5) is 11.6 Å². The van der Waals surface area contributed by atoms with Crippen molar-refractivity contribution in [3.05, 3.63) is 30.9 Å². The summed E-state index contributed by atoms with van der Waals surface area (Å²) in [5.41, 5.74) is 1.59. The molecule has 1 aliphatic heterocycles. The van der Waals surface area contributed by atoms with E-state index in [1.54, 1.807) is 41.9 Å². The zero-order chi connectivity index (χ0) is 19.0.